The molecule has 0 bridgehead atoms. The third kappa shape index (κ3) is 5.39. The molecule has 2 saturated heterocycles. The molecule has 7 heteroatoms. The average molecular weight is 494 g/mol. The first kappa shape index (κ1) is 21.6. The van der Waals surface area contributed by atoms with E-state index in [0.29, 0.717) is 22.7 Å². The third-order valence-electron chi connectivity index (χ3n) is 4.92. The van der Waals surface area contributed by atoms with Crippen molar-refractivity contribution in [1.82, 2.24) is 10.2 Å². The smallest absolute Gasteiger partial charge is 0.194 e. The molecule has 2 atom stereocenters. The normalized spacial score (nSPS) is 23.8. The van der Waals surface area contributed by atoms with E-state index in [4.69, 9.17) is 26.1 Å². The van der Waals surface area contributed by atoms with Crippen LogP contribution in [0.4, 0.5) is 0 Å². The quantitative estimate of drug-likeness (QED) is 0.385. The first-order valence-corrected chi connectivity index (χ1v) is 9.52. The van der Waals surface area contributed by atoms with E-state index < -0.39 is 0 Å². The number of hydrogen-bond acceptors (Lipinski definition) is 3. The third-order valence-corrected chi connectivity index (χ3v) is 5.23. The van der Waals surface area contributed by atoms with E-state index in [2.05, 4.69) is 17.1 Å². The number of nitrogens with one attached hydrogen (secondary N) is 1. The zero-order valence-corrected chi connectivity index (χ0v) is 18.6. The molecule has 0 radical (unpaired) electrons. The van der Waals surface area contributed by atoms with Crippen LogP contribution in [0.2, 0.25) is 5.02 Å². The number of rotatable bonds is 5. The van der Waals surface area contributed by atoms with Crippen LogP contribution in [0, 0.1) is 5.41 Å². The van der Waals surface area contributed by atoms with Gasteiger partial charge in [-0.25, -0.2) is 4.99 Å². The number of hydrogen-bond donors (Lipinski definition) is 1. The minimum atomic E-state index is -0.0417. The largest absolute Gasteiger partial charge is 0.487 e. The highest BCUT2D eigenvalue weighted by atomic mass is 127. The second kappa shape index (κ2) is 9.99. The number of aliphatic imine (C=N–C) groups is 1. The summed E-state index contributed by atoms with van der Waals surface area (Å²) in [5.41, 5.74) is 0.329. The molecule has 0 saturated carbocycles. The van der Waals surface area contributed by atoms with Gasteiger partial charge in [0.25, 0.3) is 0 Å². The molecule has 2 fully saturated rings. The topological polar surface area (TPSA) is 46.1 Å². The number of para-hydroxylation sites is 1. The van der Waals surface area contributed by atoms with Gasteiger partial charge in [0, 0.05) is 31.7 Å². The summed E-state index contributed by atoms with van der Waals surface area (Å²) < 4.78 is 11.6. The summed E-state index contributed by atoms with van der Waals surface area (Å²) in [6.45, 7) is 9.41. The summed E-state index contributed by atoms with van der Waals surface area (Å²) in [5.74, 6) is 1.68. The van der Waals surface area contributed by atoms with Crippen LogP contribution in [-0.2, 0) is 4.74 Å². The van der Waals surface area contributed by atoms with E-state index in [1.807, 2.05) is 31.2 Å². The molecule has 2 aliphatic rings. The van der Waals surface area contributed by atoms with Crippen molar-refractivity contribution in [3.63, 3.8) is 0 Å². The lowest BCUT2D eigenvalue weighted by Crippen LogP contribution is -2.42. The summed E-state index contributed by atoms with van der Waals surface area (Å²) in [5, 5.41) is 4.05. The van der Waals surface area contributed by atoms with E-state index in [1.54, 1.807) is 0 Å². The molecule has 146 valence electrons. The van der Waals surface area contributed by atoms with Gasteiger partial charge in [-0.3, -0.25) is 0 Å². The Morgan fingerprint density at radius 3 is 2.92 bits per heavy atom. The van der Waals surface area contributed by atoms with Gasteiger partial charge in [0.15, 0.2) is 5.96 Å². The molecule has 1 aromatic rings. The van der Waals surface area contributed by atoms with Crippen molar-refractivity contribution >= 4 is 41.5 Å². The van der Waals surface area contributed by atoms with Crippen LogP contribution in [0.15, 0.2) is 29.3 Å². The van der Waals surface area contributed by atoms with Crippen LogP contribution in [0.3, 0.4) is 0 Å². The molecule has 2 aliphatic heterocycles. The highest BCUT2D eigenvalue weighted by Gasteiger charge is 2.42. The van der Waals surface area contributed by atoms with Crippen molar-refractivity contribution in [3.05, 3.63) is 29.3 Å². The van der Waals surface area contributed by atoms with E-state index >= 15 is 0 Å². The standard InChI is InChI=1S/C19H28ClN3O2.HI/c1-3-21-18(23-10-8-19(13-23)9-11-24-14-19)22-12-15(2)25-17-7-5-4-6-16(17)20;/h4-7,15H,3,8-14H2,1-2H3,(H,21,22);1H. The summed E-state index contributed by atoms with van der Waals surface area (Å²) in [7, 11) is 0. The van der Waals surface area contributed by atoms with Gasteiger partial charge in [0.05, 0.1) is 18.2 Å². The molecule has 1 spiro atoms. The van der Waals surface area contributed by atoms with E-state index in [9.17, 15) is 0 Å². The van der Waals surface area contributed by atoms with Crippen LogP contribution in [0.1, 0.15) is 26.7 Å². The van der Waals surface area contributed by atoms with Gasteiger partial charge in [0.1, 0.15) is 11.9 Å². The van der Waals surface area contributed by atoms with Crippen molar-refractivity contribution in [2.24, 2.45) is 10.4 Å². The summed E-state index contributed by atoms with van der Waals surface area (Å²) in [6.07, 6.45) is 2.30. The van der Waals surface area contributed by atoms with Crippen molar-refractivity contribution in [1.29, 1.82) is 0 Å². The Kier molecular flexibility index (Phi) is 8.29. The molecule has 0 amide bonds. The maximum absolute atomic E-state index is 6.16. The summed E-state index contributed by atoms with van der Waals surface area (Å²) >= 11 is 6.16. The Morgan fingerprint density at radius 1 is 1.42 bits per heavy atom. The van der Waals surface area contributed by atoms with Gasteiger partial charge in [-0.1, -0.05) is 23.7 Å². The van der Waals surface area contributed by atoms with Crippen LogP contribution in [0.5, 0.6) is 5.75 Å². The van der Waals surface area contributed by atoms with Gasteiger partial charge in [0.2, 0.25) is 0 Å². The summed E-state index contributed by atoms with van der Waals surface area (Å²) in [6, 6.07) is 7.55. The molecule has 1 N–H and O–H groups in total. The second-order valence-corrected chi connectivity index (χ2v) is 7.43. The van der Waals surface area contributed by atoms with Gasteiger partial charge in [-0.15, -0.1) is 24.0 Å². The Morgan fingerprint density at radius 2 is 2.23 bits per heavy atom. The monoisotopic (exact) mass is 493 g/mol. The fourth-order valence-corrected chi connectivity index (χ4v) is 3.70. The highest BCUT2D eigenvalue weighted by molar-refractivity contribution is 14.0. The van der Waals surface area contributed by atoms with E-state index in [1.165, 1.54) is 6.42 Å². The van der Waals surface area contributed by atoms with Crippen LogP contribution in [0.25, 0.3) is 0 Å². The molecular formula is C19H29ClIN3O2. The number of likely N-dealkylation sites (tertiary alicyclic amines) is 1. The zero-order chi connectivity index (χ0) is 17.7. The maximum Gasteiger partial charge on any atom is 0.194 e. The second-order valence-electron chi connectivity index (χ2n) is 7.03. The minimum Gasteiger partial charge on any atom is -0.487 e. The molecule has 26 heavy (non-hydrogen) atoms. The average Bonchev–Trinajstić information content (AvgIpc) is 3.24. The van der Waals surface area contributed by atoms with E-state index in [0.717, 1.165) is 45.2 Å². The minimum absolute atomic E-state index is 0. The van der Waals surface area contributed by atoms with Crippen LogP contribution in [-0.4, -0.2) is 56.4 Å². The first-order valence-electron chi connectivity index (χ1n) is 9.14. The van der Waals surface area contributed by atoms with Crippen molar-refractivity contribution in [2.75, 3.05) is 39.4 Å². The van der Waals surface area contributed by atoms with Gasteiger partial charge in [-0.2, -0.15) is 0 Å². The lowest BCUT2D eigenvalue weighted by atomic mass is 9.87. The molecule has 2 heterocycles. The van der Waals surface area contributed by atoms with Crippen LogP contribution < -0.4 is 10.1 Å². The lowest BCUT2D eigenvalue weighted by molar-refractivity contribution is 0.156. The first-order chi connectivity index (χ1) is 12.1. The Hall–Kier alpha value is -0.730. The van der Waals surface area contributed by atoms with Gasteiger partial charge in [-0.05, 0) is 38.8 Å². The lowest BCUT2D eigenvalue weighted by Gasteiger charge is -2.25. The number of benzene rings is 1. The number of nitrogens with zero attached hydrogens (tertiary/aromatic N) is 2. The summed E-state index contributed by atoms with van der Waals surface area (Å²) in [4.78, 5) is 7.16. The molecule has 3 rings (SSSR count). The Bertz CT molecular complexity index is 608. The highest BCUT2D eigenvalue weighted by Crippen LogP contribution is 2.38. The molecule has 0 aliphatic carbocycles. The molecule has 0 aromatic heterocycles. The molecular weight excluding hydrogens is 465 g/mol. The molecule has 2 unspecified atom stereocenters. The van der Waals surface area contributed by atoms with Crippen LogP contribution >= 0.6 is 35.6 Å². The molecule has 5 nitrogen and oxygen atoms in total. The number of guanidine groups is 1. The SMILES string of the molecule is CCNC(=NCC(C)Oc1ccccc1Cl)N1CCC2(CCOC2)C1.I. The Balaban J connectivity index is 0.00000243. The Labute approximate surface area is 178 Å². The van der Waals surface area contributed by atoms with E-state index in [-0.39, 0.29) is 30.1 Å². The van der Waals surface area contributed by atoms with Crippen molar-refractivity contribution in [3.8, 4) is 5.75 Å². The fourth-order valence-electron chi connectivity index (χ4n) is 3.52. The predicted octanol–water partition coefficient (Wildman–Crippen LogP) is 3.80. The van der Waals surface area contributed by atoms with Gasteiger partial charge >= 0.3 is 0 Å². The van der Waals surface area contributed by atoms with Crippen molar-refractivity contribution in [2.45, 2.75) is 32.8 Å². The fraction of sp³-hybridized carbons (Fsp3) is 0.632. The zero-order valence-electron chi connectivity index (χ0n) is 15.5. The predicted molar refractivity (Wildman–Crippen MR) is 117 cm³/mol. The van der Waals surface area contributed by atoms with Crippen molar-refractivity contribution < 1.29 is 9.47 Å². The number of halogens is 2. The molecule has 1 aromatic carbocycles. The van der Waals surface area contributed by atoms with Gasteiger partial charge < -0.3 is 19.7 Å². The maximum atomic E-state index is 6.16. The number of ether oxygens (including phenoxy) is 2.